The molecule has 21 heavy (non-hydrogen) atoms. The fourth-order valence-corrected chi connectivity index (χ4v) is 3.62. The summed E-state index contributed by atoms with van der Waals surface area (Å²) in [6, 6.07) is 18.2. The first-order valence-electron chi connectivity index (χ1n) is 6.87. The molecule has 0 N–H and O–H groups in total. The average Bonchev–Trinajstić information content (AvgIpc) is 2.50. The van der Waals surface area contributed by atoms with E-state index in [0.717, 1.165) is 14.5 Å². The molecule has 2 nitrogen and oxygen atoms in total. The Bertz CT molecular complexity index is 615. The third kappa shape index (κ3) is 4.89. The normalized spacial score (nSPS) is 11.2. The first-order chi connectivity index (χ1) is 10.2. The van der Waals surface area contributed by atoms with Crippen LogP contribution in [0.15, 0.2) is 59.1 Å². The summed E-state index contributed by atoms with van der Waals surface area (Å²) in [6.07, 6.45) is 1.93. The van der Waals surface area contributed by atoms with Crippen LogP contribution in [0.4, 0.5) is 0 Å². The fourth-order valence-electron chi connectivity index (χ4n) is 1.76. The van der Waals surface area contributed by atoms with Crippen molar-refractivity contribution in [2.45, 2.75) is 13.8 Å². The number of esters is 1. The van der Waals surface area contributed by atoms with Crippen molar-refractivity contribution in [3.05, 3.63) is 70.2 Å². The molecule has 0 fully saturated rings. The van der Waals surface area contributed by atoms with Gasteiger partial charge in [-0.15, -0.1) is 0 Å². The van der Waals surface area contributed by atoms with Gasteiger partial charge in [-0.1, -0.05) is 0 Å². The van der Waals surface area contributed by atoms with E-state index in [-0.39, 0.29) is 20.9 Å². The third-order valence-electron chi connectivity index (χ3n) is 2.82. The molecule has 0 aliphatic rings. The van der Waals surface area contributed by atoms with E-state index in [4.69, 9.17) is 4.74 Å². The summed E-state index contributed by atoms with van der Waals surface area (Å²) < 4.78 is 7.08. The van der Waals surface area contributed by atoms with Gasteiger partial charge in [0.05, 0.1) is 0 Å². The fraction of sp³-hybridized carbons (Fsp3) is 0.167. The molecule has 0 bridgehead atoms. The molecule has 0 heterocycles. The van der Waals surface area contributed by atoms with Crippen LogP contribution in [0.25, 0.3) is 6.08 Å². The minimum atomic E-state index is -0.220. The van der Waals surface area contributed by atoms with E-state index in [9.17, 15) is 4.79 Å². The third-order valence-corrected chi connectivity index (χ3v) is 4.95. The van der Waals surface area contributed by atoms with Gasteiger partial charge in [-0.2, -0.15) is 0 Å². The number of aryl methyl sites for hydroxylation is 1. The van der Waals surface area contributed by atoms with Crippen LogP contribution in [-0.2, 0) is 9.53 Å². The molecule has 0 unspecified atom stereocenters. The van der Waals surface area contributed by atoms with Crippen molar-refractivity contribution in [3.8, 4) is 0 Å². The van der Waals surface area contributed by atoms with Crippen LogP contribution in [0.5, 0.6) is 0 Å². The Hall–Kier alpha value is -1.83. The first kappa shape index (κ1) is 15.6. The molecular formula is C18H18O2Se. The van der Waals surface area contributed by atoms with E-state index in [1.807, 2.05) is 74.5 Å². The average molecular weight is 345 g/mol. The van der Waals surface area contributed by atoms with Crippen molar-refractivity contribution in [1.82, 2.24) is 0 Å². The maximum atomic E-state index is 12.1. The van der Waals surface area contributed by atoms with Crippen molar-refractivity contribution in [2.24, 2.45) is 0 Å². The van der Waals surface area contributed by atoms with Crippen LogP contribution in [0.3, 0.4) is 0 Å². The predicted octanol–water partition coefficient (Wildman–Crippen LogP) is 2.93. The standard InChI is InChI=1S/C18H18O2Se/c1-3-20-18(19)17(21-16-7-5-4-6-8-16)13-15-11-9-14(2)10-12-15/h4-13H,3H2,1-2H3/b17-13-. The van der Waals surface area contributed by atoms with Gasteiger partial charge in [0.15, 0.2) is 0 Å². The number of carbonyl (C=O) groups is 1. The van der Waals surface area contributed by atoms with Crippen molar-refractivity contribution >= 4 is 31.5 Å². The zero-order valence-electron chi connectivity index (χ0n) is 12.2. The van der Waals surface area contributed by atoms with Gasteiger partial charge in [0, 0.05) is 0 Å². The second kappa shape index (κ2) is 7.82. The molecule has 0 radical (unpaired) electrons. The summed E-state index contributed by atoms with van der Waals surface area (Å²) in [6.45, 7) is 4.28. The summed E-state index contributed by atoms with van der Waals surface area (Å²) >= 11 is -0.0571. The van der Waals surface area contributed by atoms with Crippen molar-refractivity contribution < 1.29 is 9.53 Å². The van der Waals surface area contributed by atoms with Crippen LogP contribution in [0.2, 0.25) is 0 Å². The Labute approximate surface area is 132 Å². The number of hydrogen-bond donors (Lipinski definition) is 0. The molecule has 0 aromatic heterocycles. The van der Waals surface area contributed by atoms with Crippen LogP contribution in [0.1, 0.15) is 18.1 Å². The molecule has 2 aromatic rings. The molecule has 0 aliphatic heterocycles. The van der Waals surface area contributed by atoms with E-state index < -0.39 is 0 Å². The van der Waals surface area contributed by atoms with Gasteiger partial charge in [-0.05, 0) is 0 Å². The zero-order chi connectivity index (χ0) is 15.1. The van der Waals surface area contributed by atoms with E-state index in [2.05, 4.69) is 0 Å². The molecule has 0 saturated carbocycles. The minimum absolute atomic E-state index is 0.0571. The predicted molar refractivity (Wildman–Crippen MR) is 87.6 cm³/mol. The van der Waals surface area contributed by atoms with Crippen molar-refractivity contribution in [2.75, 3.05) is 6.61 Å². The molecule has 3 heteroatoms. The van der Waals surface area contributed by atoms with Crippen molar-refractivity contribution in [3.63, 3.8) is 0 Å². The van der Waals surface area contributed by atoms with Crippen LogP contribution in [0, 0.1) is 6.92 Å². The molecule has 0 saturated heterocycles. The van der Waals surface area contributed by atoms with Gasteiger partial charge < -0.3 is 0 Å². The Morgan fingerprint density at radius 3 is 2.38 bits per heavy atom. The molecule has 108 valence electrons. The van der Waals surface area contributed by atoms with Crippen LogP contribution < -0.4 is 4.46 Å². The van der Waals surface area contributed by atoms with Gasteiger partial charge in [0.1, 0.15) is 0 Å². The number of hydrogen-bond acceptors (Lipinski definition) is 2. The van der Waals surface area contributed by atoms with Gasteiger partial charge in [0.25, 0.3) is 0 Å². The zero-order valence-corrected chi connectivity index (χ0v) is 13.9. The van der Waals surface area contributed by atoms with E-state index >= 15 is 0 Å². The Kier molecular flexibility index (Phi) is 5.79. The molecule has 0 atom stereocenters. The Balaban J connectivity index is 2.27. The number of benzene rings is 2. The molecule has 2 rings (SSSR count). The summed E-state index contributed by atoms with van der Waals surface area (Å²) in [5.41, 5.74) is 2.24. The van der Waals surface area contributed by atoms with Crippen molar-refractivity contribution in [1.29, 1.82) is 0 Å². The van der Waals surface area contributed by atoms with Crippen LogP contribution in [-0.4, -0.2) is 27.5 Å². The van der Waals surface area contributed by atoms with Gasteiger partial charge >= 0.3 is 132 Å². The van der Waals surface area contributed by atoms with Gasteiger partial charge in [0.2, 0.25) is 0 Å². The molecule has 0 spiro atoms. The summed E-state index contributed by atoms with van der Waals surface area (Å²) in [5, 5.41) is 0. The second-order valence-corrected chi connectivity index (χ2v) is 6.89. The number of carbonyl (C=O) groups excluding carboxylic acids is 1. The molecule has 0 aliphatic carbocycles. The molecular weight excluding hydrogens is 327 g/mol. The Morgan fingerprint density at radius 1 is 1.10 bits per heavy atom. The van der Waals surface area contributed by atoms with E-state index in [1.165, 1.54) is 5.56 Å². The van der Waals surface area contributed by atoms with E-state index in [0.29, 0.717) is 6.61 Å². The van der Waals surface area contributed by atoms with E-state index in [1.54, 1.807) is 0 Å². The quantitative estimate of drug-likeness (QED) is 0.473. The molecule has 2 aromatic carbocycles. The summed E-state index contributed by atoms with van der Waals surface area (Å²) in [7, 11) is 0. The summed E-state index contributed by atoms with van der Waals surface area (Å²) in [5.74, 6) is -0.220. The summed E-state index contributed by atoms with van der Waals surface area (Å²) in [4.78, 5) is 12.1. The SMILES string of the molecule is CCOC(=O)/C(=C/c1ccc(C)cc1)[Se]c1ccccc1. The number of rotatable bonds is 5. The van der Waals surface area contributed by atoms with Gasteiger partial charge in [-0.25, -0.2) is 0 Å². The van der Waals surface area contributed by atoms with Crippen LogP contribution >= 0.6 is 0 Å². The number of ether oxygens (including phenoxy) is 1. The maximum absolute atomic E-state index is 12.1. The van der Waals surface area contributed by atoms with Gasteiger partial charge in [-0.3, -0.25) is 0 Å². The topological polar surface area (TPSA) is 26.3 Å². The Morgan fingerprint density at radius 2 is 1.76 bits per heavy atom. The first-order valence-corrected chi connectivity index (χ1v) is 8.58. The molecule has 0 amide bonds. The monoisotopic (exact) mass is 346 g/mol. The second-order valence-electron chi connectivity index (χ2n) is 4.55.